The maximum Gasteiger partial charge on any atom is 0.276 e. The molecule has 3 N–H and O–H groups in total. The number of amides is 3. The highest BCUT2D eigenvalue weighted by atomic mass is 35.5. The van der Waals surface area contributed by atoms with Crippen molar-refractivity contribution < 1.29 is 51.7 Å². The van der Waals surface area contributed by atoms with E-state index in [0.717, 1.165) is 0 Å². The van der Waals surface area contributed by atoms with Crippen LogP contribution in [-0.4, -0.2) is 170 Å². The number of nitriles is 3. The summed E-state index contributed by atoms with van der Waals surface area (Å²) < 4.78 is 79.4. The lowest BCUT2D eigenvalue weighted by atomic mass is 10.0. The summed E-state index contributed by atoms with van der Waals surface area (Å²) in [5.41, 5.74) is 0.0778. The maximum atomic E-state index is 15.5. The van der Waals surface area contributed by atoms with E-state index in [1.807, 2.05) is 58.6 Å². The van der Waals surface area contributed by atoms with Crippen LogP contribution in [0.15, 0.2) is 107 Å². The lowest BCUT2D eigenvalue weighted by molar-refractivity contribution is -0.127. The Balaban J connectivity index is 0.000000171. The number of carbonyl (C=O) groups is 3. The van der Waals surface area contributed by atoms with Crippen molar-refractivity contribution in [3.8, 4) is 86.3 Å². The number of piperazine rings is 3. The van der Waals surface area contributed by atoms with E-state index in [9.17, 15) is 73.0 Å². The van der Waals surface area contributed by atoms with Crippen molar-refractivity contribution >= 4 is 184 Å². The molecule has 3 fully saturated rings. The summed E-state index contributed by atoms with van der Waals surface area (Å²) in [4.78, 5) is 117. The second-order valence-corrected chi connectivity index (χ2v) is 35.9. The van der Waals surface area contributed by atoms with Crippen LogP contribution in [0.1, 0.15) is 110 Å². The third-order valence-electron chi connectivity index (χ3n) is 23.0. The fraction of sp³-hybridized carbons (Fsp3) is 0.258. The molecule has 0 unspecified atom stereocenters. The van der Waals surface area contributed by atoms with Crippen LogP contribution in [0.2, 0.25) is 50.2 Å². The number of aromatic hydroxyl groups is 3. The zero-order valence-corrected chi connectivity index (χ0v) is 80.3. The van der Waals surface area contributed by atoms with E-state index in [1.54, 1.807) is 82.1 Å². The van der Waals surface area contributed by atoms with Crippen molar-refractivity contribution in [3.63, 3.8) is 0 Å². The summed E-state index contributed by atoms with van der Waals surface area (Å²) in [5.74, 6) is -10.8. The quantitative estimate of drug-likeness (QED) is 0.0371. The predicted molar refractivity (Wildman–Crippen MR) is 514 cm³/mol. The zero-order chi connectivity index (χ0) is 98.7. The molecule has 0 radical (unpaired) electrons. The minimum atomic E-state index is -1.37. The smallest absolute Gasteiger partial charge is 0.276 e. The van der Waals surface area contributed by atoms with Gasteiger partial charge in [-0.05, 0) is 110 Å². The second kappa shape index (κ2) is 40.3. The third-order valence-corrected chi connectivity index (χ3v) is 26.3. The molecule has 3 aromatic carbocycles. The number of phenolic OH excluding ortho intramolecular Hbond substituents is 3. The van der Waals surface area contributed by atoms with Gasteiger partial charge in [-0.3, -0.25) is 57.4 Å². The van der Waals surface area contributed by atoms with Crippen molar-refractivity contribution in [2.75, 3.05) is 93.2 Å². The molecule has 696 valence electrons. The van der Waals surface area contributed by atoms with E-state index in [2.05, 4.69) is 50.7 Å². The molecule has 3 aliphatic heterocycles. The Morgan fingerprint density at radius 1 is 0.378 bits per heavy atom. The third kappa shape index (κ3) is 17.9. The summed E-state index contributed by atoms with van der Waals surface area (Å²) in [6.45, 7) is 30.6. The molecule has 27 nitrogen and oxygen atoms in total. The molecule has 0 atom stereocenters. The molecule has 0 aliphatic carbocycles. The van der Waals surface area contributed by atoms with E-state index in [0.29, 0.717) is 82.4 Å². The molecular weight excluding hydrogens is 1960 g/mol. The van der Waals surface area contributed by atoms with Crippen LogP contribution in [0.3, 0.4) is 0 Å². The van der Waals surface area contributed by atoms with Crippen LogP contribution in [0, 0.1) is 83.9 Å². The van der Waals surface area contributed by atoms with Gasteiger partial charge in [-0.2, -0.15) is 15.8 Å². The molecule has 135 heavy (non-hydrogen) atoms. The van der Waals surface area contributed by atoms with Crippen LogP contribution in [-0.2, 0) is 14.4 Å². The number of pyridine rings is 9. The summed E-state index contributed by atoms with van der Waals surface area (Å²) >= 11 is 62.6. The van der Waals surface area contributed by atoms with Crippen molar-refractivity contribution in [1.29, 1.82) is 15.8 Å². The number of halogens is 15. The number of hydrogen-bond acceptors (Lipinski definition) is 21. The number of aryl methyl sites for hydroxylation is 3. The summed E-state index contributed by atoms with van der Waals surface area (Å²) in [7, 11) is 0. The van der Waals surface area contributed by atoms with Crippen LogP contribution in [0.4, 0.5) is 39.0 Å². The first-order chi connectivity index (χ1) is 64.0. The Labute approximate surface area is 817 Å². The topological polar surface area (TPSA) is 346 Å². The number of carbonyl (C=O) groups excluding carboxylic acids is 3. The highest BCUT2D eigenvalue weighted by Crippen LogP contribution is 2.52. The van der Waals surface area contributed by atoms with Gasteiger partial charge < -0.3 is 44.7 Å². The molecule has 9 aromatic heterocycles. The molecule has 0 spiro atoms. The first-order valence-electron chi connectivity index (χ1n) is 41.1. The first kappa shape index (κ1) is 100. The van der Waals surface area contributed by atoms with Gasteiger partial charge in [0.15, 0.2) is 46.3 Å². The number of hydrogen-bond donors (Lipinski definition) is 3. The molecule has 0 bridgehead atoms. The summed E-state index contributed by atoms with van der Waals surface area (Å²) in [5, 5.41) is 57.3. The predicted octanol–water partition coefficient (Wildman–Crippen LogP) is 20.1. The average Bonchev–Trinajstić information content (AvgIpc) is 0.728. The molecule has 12 heterocycles. The maximum absolute atomic E-state index is 15.5. The molecule has 3 saturated heterocycles. The van der Waals surface area contributed by atoms with Gasteiger partial charge in [-0.25, -0.2) is 36.9 Å². The zero-order valence-electron chi connectivity index (χ0n) is 72.8. The monoisotopic (exact) mass is 2030 g/mol. The van der Waals surface area contributed by atoms with E-state index in [1.165, 1.54) is 50.1 Å². The highest BCUT2D eigenvalue weighted by Gasteiger charge is 2.38. The van der Waals surface area contributed by atoms with Crippen LogP contribution < -0.4 is 31.4 Å². The summed E-state index contributed by atoms with van der Waals surface area (Å²) in [6, 6.07) is 15.5. The first-order valence-corrected chi connectivity index (χ1v) is 44.9. The normalized spacial score (nSPS) is 13.4. The number of nitrogens with zero attached hydrogens (tertiary/aromatic N) is 18. The van der Waals surface area contributed by atoms with Gasteiger partial charge in [0, 0.05) is 119 Å². The number of rotatable bonds is 15. The van der Waals surface area contributed by atoms with Crippen LogP contribution >= 0.6 is 116 Å². The van der Waals surface area contributed by atoms with Gasteiger partial charge in [-0.15, -0.1) is 0 Å². The van der Waals surface area contributed by atoms with Gasteiger partial charge in [0.1, 0.15) is 66.9 Å². The Kier molecular flexibility index (Phi) is 29.9. The standard InChI is InChI=1S/C31H25Cl4FN6O3.2C31H25Cl3F2N6O3/c1-5-19(43)40-8-10-41(11-9-40)28-16-12-18(32)26(20-21(33)24(36)23(35)29(44)22(20)34)39-30(16)42(31(45)17(28)13-37)27-15(4)6-7-38-25(27)14(2)3;2*1-5-19(43)40-8-10-41(11-9-40)28-16-12-18(32)26(20-21(33)24(36)22(34)29(44)23(20)35)39-30(16)42(31(45)17(28)13-37)27-15(4)6-7-38-25(27)14(2)3/h3*5-7,12,14,44H,1,8-11H2,2-4H3. The molecular formula is C93H75Cl10F5N18O9. The number of benzene rings is 3. The lowest BCUT2D eigenvalue weighted by Crippen LogP contribution is -2.49. The number of anilines is 3. The molecule has 3 aliphatic rings. The van der Waals surface area contributed by atoms with E-state index in [-0.39, 0.29) is 187 Å². The fourth-order valence-corrected chi connectivity index (χ4v) is 19.0. The number of phenols is 3. The second-order valence-electron chi connectivity index (χ2n) is 32.0. The van der Waals surface area contributed by atoms with E-state index >= 15 is 8.78 Å². The number of fused-ring (bicyclic) bond motifs is 3. The minimum Gasteiger partial charge on any atom is -0.505 e. The van der Waals surface area contributed by atoms with Crippen molar-refractivity contribution in [2.45, 2.75) is 80.1 Å². The van der Waals surface area contributed by atoms with Crippen molar-refractivity contribution in [3.05, 3.63) is 254 Å². The SMILES string of the molecule is C=CC(=O)N1CCN(c2c(C#N)c(=O)n(-c3c(C)ccnc3C(C)C)c3nc(-c4c(Cl)c(O)c(Cl)c(F)c4Cl)c(Cl)cc23)CC1.C=CC(=O)N1CCN(c2c(C#N)c(=O)n(-c3c(C)ccnc3C(C)C)c3nc(-c4c(F)c(O)c(Cl)c(F)c4Cl)c(Cl)cc23)CC1.C=CC(=O)N1CCN(c2c(C#N)c(=O)n(-c3c(C)ccnc3C(C)C)c3nc(-c4c(F)c(O)c(Cl)c(F)c4Cl)c(Cl)cc23)CC1. The lowest BCUT2D eigenvalue weighted by Gasteiger charge is -2.36. The number of aromatic nitrogens is 9. The fourth-order valence-electron chi connectivity index (χ4n) is 16.4. The molecule has 3 amide bonds. The van der Waals surface area contributed by atoms with Crippen LogP contribution in [0.5, 0.6) is 17.2 Å². The Morgan fingerprint density at radius 3 is 0.867 bits per heavy atom. The molecule has 0 saturated carbocycles. The van der Waals surface area contributed by atoms with Gasteiger partial charge in [0.25, 0.3) is 16.7 Å². The Hall–Kier alpha value is -12.4. The van der Waals surface area contributed by atoms with Gasteiger partial charge >= 0.3 is 0 Å². The average molecular weight is 2040 g/mol. The molecule has 15 rings (SSSR count). The van der Waals surface area contributed by atoms with Gasteiger partial charge in [0.2, 0.25) is 17.7 Å². The minimum absolute atomic E-state index is 0.0537. The van der Waals surface area contributed by atoms with E-state index in [4.69, 9.17) is 121 Å². The highest BCUT2D eigenvalue weighted by molar-refractivity contribution is 6.45. The van der Waals surface area contributed by atoms with Gasteiger partial charge in [0.05, 0.1) is 115 Å². The Bertz CT molecular complexity index is 6650. The largest absolute Gasteiger partial charge is 0.505 e. The van der Waals surface area contributed by atoms with Crippen molar-refractivity contribution in [1.82, 2.24) is 58.3 Å². The van der Waals surface area contributed by atoms with Gasteiger partial charge in [-0.1, -0.05) is 177 Å². The molecule has 42 heteroatoms. The molecule has 12 aromatic rings. The van der Waals surface area contributed by atoms with Crippen LogP contribution in [0.25, 0.3) is 83.9 Å². The van der Waals surface area contributed by atoms with Crippen molar-refractivity contribution in [2.24, 2.45) is 0 Å². The Morgan fingerprint density at radius 2 is 0.622 bits per heavy atom. The van der Waals surface area contributed by atoms with E-state index < -0.39 is 109 Å². The summed E-state index contributed by atoms with van der Waals surface area (Å²) in [6.07, 6.45) is 8.46.